The van der Waals surface area contributed by atoms with Gasteiger partial charge in [0.25, 0.3) is 23.4 Å². The minimum Gasteiger partial charge on any atom is -0.292 e. The minimum atomic E-state index is -0.713. The van der Waals surface area contributed by atoms with Gasteiger partial charge in [-0.1, -0.05) is 23.8 Å². The van der Waals surface area contributed by atoms with Crippen LogP contribution in [0.2, 0.25) is 5.02 Å². The molecule has 1 heterocycles. The number of non-ortho nitro benzene ring substituents is 1. The Balaban J connectivity index is 1.67. The largest absolute Gasteiger partial charge is 0.292 e. The average molecular weight is 468 g/mol. The first-order valence-electron chi connectivity index (χ1n) is 10.2. The van der Waals surface area contributed by atoms with Crippen LogP contribution in [-0.2, 0) is 9.59 Å². The van der Waals surface area contributed by atoms with Crippen molar-refractivity contribution in [1.82, 2.24) is 10.0 Å². The molecule has 2 aromatic carbocycles. The van der Waals surface area contributed by atoms with E-state index < -0.39 is 46.8 Å². The molecular formula is C23H18ClN3O6. The first-order chi connectivity index (χ1) is 15.8. The molecule has 168 valence electrons. The number of carbonyl (C=O) groups excluding carboxylic acids is 4. The van der Waals surface area contributed by atoms with Gasteiger partial charge in [-0.3, -0.25) is 29.3 Å². The quantitative estimate of drug-likeness (QED) is 0.211. The summed E-state index contributed by atoms with van der Waals surface area (Å²) < 4.78 is 0. The van der Waals surface area contributed by atoms with Crippen LogP contribution >= 0.6 is 11.6 Å². The van der Waals surface area contributed by atoms with Crippen LogP contribution in [0.25, 0.3) is 0 Å². The maximum absolute atomic E-state index is 13.3. The van der Waals surface area contributed by atoms with Crippen LogP contribution in [0.15, 0.2) is 60.7 Å². The van der Waals surface area contributed by atoms with Crippen LogP contribution in [0, 0.1) is 22.0 Å². The van der Waals surface area contributed by atoms with Crippen molar-refractivity contribution in [3.63, 3.8) is 0 Å². The van der Waals surface area contributed by atoms with E-state index in [1.165, 1.54) is 48.5 Å². The van der Waals surface area contributed by atoms with E-state index in [0.29, 0.717) is 17.9 Å². The number of imide groups is 1. The lowest BCUT2D eigenvalue weighted by atomic mass is 9.85. The van der Waals surface area contributed by atoms with Crippen molar-refractivity contribution in [2.24, 2.45) is 11.8 Å². The van der Waals surface area contributed by atoms with Crippen LogP contribution < -0.4 is 0 Å². The summed E-state index contributed by atoms with van der Waals surface area (Å²) in [5.74, 6) is -3.53. The van der Waals surface area contributed by atoms with E-state index in [0.717, 1.165) is 10.0 Å². The second-order valence-electron chi connectivity index (χ2n) is 7.74. The van der Waals surface area contributed by atoms with Crippen LogP contribution in [0.4, 0.5) is 5.69 Å². The number of ketones is 1. The van der Waals surface area contributed by atoms with Gasteiger partial charge in [-0.15, -0.1) is 0 Å². The summed E-state index contributed by atoms with van der Waals surface area (Å²) in [7, 11) is 0. The molecule has 1 aliphatic heterocycles. The Morgan fingerprint density at radius 3 is 1.97 bits per heavy atom. The van der Waals surface area contributed by atoms with Crippen LogP contribution in [0.3, 0.4) is 0 Å². The third-order valence-electron chi connectivity index (χ3n) is 5.74. The van der Waals surface area contributed by atoms with E-state index in [2.05, 4.69) is 0 Å². The van der Waals surface area contributed by atoms with E-state index in [9.17, 15) is 29.3 Å². The molecule has 10 heteroatoms. The van der Waals surface area contributed by atoms with E-state index >= 15 is 0 Å². The fourth-order valence-electron chi connectivity index (χ4n) is 3.99. The first kappa shape index (κ1) is 22.3. The number of Topliss-reactive ketones (excluding diaryl/α,β-unsaturated/α-hetero) is 1. The fraction of sp³-hybridized carbons (Fsp3) is 0.217. The van der Waals surface area contributed by atoms with Crippen molar-refractivity contribution in [1.29, 1.82) is 0 Å². The van der Waals surface area contributed by atoms with Crippen molar-refractivity contribution in [3.05, 3.63) is 86.9 Å². The smallest absolute Gasteiger partial charge is 0.273 e. The maximum Gasteiger partial charge on any atom is 0.273 e. The zero-order valence-corrected chi connectivity index (χ0v) is 18.0. The van der Waals surface area contributed by atoms with Crippen molar-refractivity contribution >= 4 is 40.8 Å². The third-order valence-corrected chi connectivity index (χ3v) is 6.00. The summed E-state index contributed by atoms with van der Waals surface area (Å²) in [5.41, 5.74) is 0.0549. The summed E-state index contributed by atoms with van der Waals surface area (Å²) in [5, 5.41) is 12.9. The standard InChI is InChI=1S/C23H18ClN3O6/c24-16-9-5-15(6-10-16)21(29)25(13-20(28)14-7-11-17(12-8-14)27(32)33)26-22(30)18-3-1-2-4-19(18)23(26)31/h1-2,5-12,18-19H,3-4,13H2/t18-,19-/m0/s1. The Labute approximate surface area is 193 Å². The highest BCUT2D eigenvalue weighted by molar-refractivity contribution is 6.30. The molecule has 1 fully saturated rings. The van der Waals surface area contributed by atoms with Gasteiger partial charge in [0.05, 0.1) is 16.8 Å². The number of allylic oxidation sites excluding steroid dienone is 2. The number of benzene rings is 2. The van der Waals surface area contributed by atoms with Crippen LogP contribution in [0.5, 0.6) is 0 Å². The zero-order valence-electron chi connectivity index (χ0n) is 17.2. The highest BCUT2D eigenvalue weighted by Gasteiger charge is 2.51. The molecule has 4 rings (SSSR count). The number of rotatable bonds is 6. The number of nitro groups is 1. The lowest BCUT2D eigenvalue weighted by molar-refractivity contribution is -0.384. The topological polar surface area (TPSA) is 118 Å². The molecule has 0 unspecified atom stereocenters. The number of fused-ring (bicyclic) bond motifs is 1. The summed E-state index contributed by atoms with van der Waals surface area (Å²) in [6.45, 7) is -0.594. The lowest BCUT2D eigenvalue weighted by Gasteiger charge is -2.30. The number of hydrogen-bond donors (Lipinski definition) is 0. The molecule has 0 bridgehead atoms. The summed E-state index contributed by atoms with van der Waals surface area (Å²) >= 11 is 5.90. The summed E-state index contributed by atoms with van der Waals surface area (Å²) in [6.07, 6.45) is 4.41. The SMILES string of the molecule is O=C(CN(C(=O)c1ccc(Cl)cc1)N1C(=O)[C@H]2CC=CC[C@@H]2C1=O)c1ccc([N+](=O)[O-])cc1. The Bertz CT molecular complexity index is 1150. The van der Waals surface area contributed by atoms with Gasteiger partial charge in [-0.2, -0.15) is 5.01 Å². The Kier molecular flexibility index (Phi) is 6.06. The maximum atomic E-state index is 13.3. The molecule has 0 spiro atoms. The van der Waals surface area contributed by atoms with Crippen molar-refractivity contribution in [2.75, 3.05) is 6.54 Å². The predicted octanol–water partition coefficient (Wildman–Crippen LogP) is 3.44. The molecule has 9 nitrogen and oxygen atoms in total. The van der Waals surface area contributed by atoms with Crippen molar-refractivity contribution < 1.29 is 24.1 Å². The molecule has 33 heavy (non-hydrogen) atoms. The molecule has 0 aromatic heterocycles. The summed E-state index contributed by atoms with van der Waals surface area (Å²) in [6, 6.07) is 10.7. The van der Waals surface area contributed by atoms with Gasteiger partial charge in [0.1, 0.15) is 6.54 Å². The summed E-state index contributed by atoms with van der Waals surface area (Å²) in [4.78, 5) is 62.7. The second kappa shape index (κ2) is 8.95. The van der Waals surface area contributed by atoms with Gasteiger partial charge in [-0.25, -0.2) is 5.01 Å². The molecule has 0 N–H and O–H groups in total. The van der Waals surface area contributed by atoms with Gasteiger partial charge in [0, 0.05) is 28.3 Å². The van der Waals surface area contributed by atoms with Gasteiger partial charge in [0.2, 0.25) is 0 Å². The zero-order chi connectivity index (χ0) is 23.7. The molecular weight excluding hydrogens is 450 g/mol. The molecule has 1 saturated heterocycles. The number of amides is 3. The van der Waals surface area contributed by atoms with Crippen LogP contribution in [-0.4, -0.2) is 45.0 Å². The van der Waals surface area contributed by atoms with E-state index in [1.54, 1.807) is 0 Å². The number of carbonyl (C=O) groups is 4. The van der Waals surface area contributed by atoms with Gasteiger partial charge < -0.3 is 0 Å². The van der Waals surface area contributed by atoms with Gasteiger partial charge >= 0.3 is 0 Å². The van der Waals surface area contributed by atoms with E-state index in [-0.39, 0.29) is 16.8 Å². The van der Waals surface area contributed by atoms with E-state index in [4.69, 9.17) is 11.6 Å². The predicted molar refractivity (Wildman–Crippen MR) is 117 cm³/mol. The van der Waals surface area contributed by atoms with Gasteiger partial charge in [0.15, 0.2) is 5.78 Å². The van der Waals surface area contributed by atoms with Gasteiger partial charge in [-0.05, 0) is 49.2 Å². The molecule has 2 aliphatic rings. The molecule has 3 amide bonds. The Hall–Kier alpha value is -3.85. The number of halogens is 1. The highest BCUT2D eigenvalue weighted by atomic mass is 35.5. The lowest BCUT2D eigenvalue weighted by Crippen LogP contribution is -2.52. The van der Waals surface area contributed by atoms with E-state index in [1.807, 2.05) is 12.2 Å². The Morgan fingerprint density at radius 2 is 1.45 bits per heavy atom. The molecule has 2 atom stereocenters. The third kappa shape index (κ3) is 4.27. The minimum absolute atomic E-state index is 0.104. The molecule has 0 radical (unpaired) electrons. The second-order valence-corrected chi connectivity index (χ2v) is 8.18. The first-order valence-corrected chi connectivity index (χ1v) is 10.5. The fourth-order valence-corrected chi connectivity index (χ4v) is 4.12. The number of hydrazine groups is 1. The number of nitro benzene ring substituents is 1. The monoisotopic (exact) mass is 467 g/mol. The molecule has 0 saturated carbocycles. The molecule has 1 aliphatic carbocycles. The number of nitrogens with zero attached hydrogens (tertiary/aromatic N) is 3. The molecule has 2 aromatic rings. The number of hydrogen-bond acceptors (Lipinski definition) is 6. The van der Waals surface area contributed by atoms with Crippen molar-refractivity contribution in [2.45, 2.75) is 12.8 Å². The normalized spacial score (nSPS) is 19.4. The highest BCUT2D eigenvalue weighted by Crippen LogP contribution is 2.36. The van der Waals surface area contributed by atoms with Crippen LogP contribution in [0.1, 0.15) is 33.6 Å². The van der Waals surface area contributed by atoms with Crippen molar-refractivity contribution in [3.8, 4) is 0 Å². The Morgan fingerprint density at radius 1 is 0.939 bits per heavy atom. The average Bonchev–Trinajstić information content (AvgIpc) is 3.07.